The molecule has 0 saturated carbocycles. The first-order valence-corrected chi connectivity index (χ1v) is 6.00. The Morgan fingerprint density at radius 1 is 1.38 bits per heavy atom. The summed E-state index contributed by atoms with van der Waals surface area (Å²) < 4.78 is 0. The molecule has 3 nitrogen and oxygen atoms in total. The standard InChI is InChI=1S/C12H19ClN2O/c1-3-12(4-2,9-16)15-8-10-5-6-11(13)14-7-10/h5-7,15-16H,3-4,8-9H2,1-2H3. The van der Waals surface area contributed by atoms with Gasteiger partial charge in [0.05, 0.1) is 6.61 Å². The summed E-state index contributed by atoms with van der Waals surface area (Å²) in [5, 5.41) is 13.3. The molecule has 2 N–H and O–H groups in total. The maximum atomic E-state index is 9.40. The van der Waals surface area contributed by atoms with Crippen molar-refractivity contribution in [3.63, 3.8) is 0 Å². The van der Waals surface area contributed by atoms with Gasteiger partial charge in [0.1, 0.15) is 5.15 Å². The van der Waals surface area contributed by atoms with Gasteiger partial charge in [-0.25, -0.2) is 4.98 Å². The average molecular weight is 243 g/mol. The van der Waals surface area contributed by atoms with E-state index in [-0.39, 0.29) is 12.1 Å². The van der Waals surface area contributed by atoms with Gasteiger partial charge in [0.25, 0.3) is 0 Å². The van der Waals surface area contributed by atoms with E-state index in [4.69, 9.17) is 11.6 Å². The molecule has 0 spiro atoms. The van der Waals surface area contributed by atoms with Gasteiger partial charge in [0, 0.05) is 18.3 Å². The van der Waals surface area contributed by atoms with Crippen LogP contribution in [0.4, 0.5) is 0 Å². The molecule has 1 aromatic heterocycles. The van der Waals surface area contributed by atoms with Crippen LogP contribution in [-0.4, -0.2) is 22.2 Å². The van der Waals surface area contributed by atoms with Crippen LogP contribution < -0.4 is 5.32 Å². The van der Waals surface area contributed by atoms with Gasteiger partial charge in [0.2, 0.25) is 0 Å². The van der Waals surface area contributed by atoms with Crippen LogP contribution in [-0.2, 0) is 6.54 Å². The van der Waals surface area contributed by atoms with Crippen molar-refractivity contribution in [3.8, 4) is 0 Å². The maximum absolute atomic E-state index is 9.40. The topological polar surface area (TPSA) is 45.1 Å². The van der Waals surface area contributed by atoms with Gasteiger partial charge in [-0.1, -0.05) is 31.5 Å². The number of pyridine rings is 1. The number of hydrogen-bond acceptors (Lipinski definition) is 3. The lowest BCUT2D eigenvalue weighted by Crippen LogP contribution is -2.47. The van der Waals surface area contributed by atoms with Crippen LogP contribution in [0.5, 0.6) is 0 Å². The second kappa shape index (κ2) is 6.18. The van der Waals surface area contributed by atoms with E-state index < -0.39 is 0 Å². The van der Waals surface area contributed by atoms with Crippen LogP contribution >= 0.6 is 11.6 Å². The van der Waals surface area contributed by atoms with Crippen molar-refractivity contribution >= 4 is 11.6 Å². The number of nitrogens with one attached hydrogen (secondary N) is 1. The Morgan fingerprint density at radius 3 is 2.50 bits per heavy atom. The Kier molecular flexibility index (Phi) is 5.19. The number of aromatic nitrogens is 1. The molecule has 0 atom stereocenters. The number of aliphatic hydroxyl groups is 1. The zero-order valence-electron chi connectivity index (χ0n) is 9.83. The van der Waals surface area contributed by atoms with Gasteiger partial charge < -0.3 is 10.4 Å². The summed E-state index contributed by atoms with van der Waals surface area (Å²) in [7, 11) is 0. The Labute approximate surface area is 102 Å². The Morgan fingerprint density at radius 2 is 2.06 bits per heavy atom. The average Bonchev–Trinajstić information content (AvgIpc) is 2.34. The number of nitrogens with zero attached hydrogens (tertiary/aromatic N) is 1. The van der Waals surface area contributed by atoms with Crippen molar-refractivity contribution in [1.82, 2.24) is 10.3 Å². The van der Waals surface area contributed by atoms with Gasteiger partial charge in [0.15, 0.2) is 0 Å². The fourth-order valence-corrected chi connectivity index (χ4v) is 1.69. The van der Waals surface area contributed by atoms with Crippen LogP contribution in [0.1, 0.15) is 32.3 Å². The van der Waals surface area contributed by atoms with Crippen molar-refractivity contribution < 1.29 is 5.11 Å². The number of halogens is 1. The smallest absolute Gasteiger partial charge is 0.129 e. The van der Waals surface area contributed by atoms with Gasteiger partial charge in [-0.3, -0.25) is 0 Å². The molecule has 0 aliphatic rings. The highest BCUT2D eigenvalue weighted by atomic mass is 35.5. The first-order chi connectivity index (χ1) is 7.65. The molecule has 16 heavy (non-hydrogen) atoms. The second-order valence-electron chi connectivity index (χ2n) is 3.99. The van der Waals surface area contributed by atoms with Gasteiger partial charge in [-0.05, 0) is 24.5 Å². The third-order valence-electron chi connectivity index (χ3n) is 3.11. The van der Waals surface area contributed by atoms with Crippen molar-refractivity contribution in [2.75, 3.05) is 6.61 Å². The molecule has 0 saturated heterocycles. The van der Waals surface area contributed by atoms with Crippen LogP contribution in [0.25, 0.3) is 0 Å². The van der Waals surface area contributed by atoms with E-state index in [1.807, 2.05) is 6.07 Å². The lowest BCUT2D eigenvalue weighted by atomic mass is 9.93. The lowest BCUT2D eigenvalue weighted by Gasteiger charge is -2.30. The summed E-state index contributed by atoms with van der Waals surface area (Å²) in [6.07, 6.45) is 3.56. The quantitative estimate of drug-likeness (QED) is 0.753. The fourth-order valence-electron chi connectivity index (χ4n) is 1.58. The van der Waals surface area contributed by atoms with Crippen LogP contribution in [0.2, 0.25) is 5.15 Å². The van der Waals surface area contributed by atoms with E-state index >= 15 is 0 Å². The molecule has 1 rings (SSSR count). The minimum Gasteiger partial charge on any atom is -0.394 e. The Bertz CT molecular complexity index is 301. The molecule has 0 bridgehead atoms. The highest BCUT2D eigenvalue weighted by Gasteiger charge is 2.23. The van der Waals surface area contributed by atoms with E-state index in [9.17, 15) is 5.11 Å². The van der Waals surface area contributed by atoms with Gasteiger partial charge in [-0.15, -0.1) is 0 Å². The molecule has 1 heterocycles. The van der Waals surface area contributed by atoms with Gasteiger partial charge >= 0.3 is 0 Å². The minimum absolute atomic E-state index is 0.154. The number of rotatable bonds is 6. The van der Waals surface area contributed by atoms with Crippen LogP contribution in [0.3, 0.4) is 0 Å². The zero-order valence-corrected chi connectivity index (χ0v) is 10.6. The molecule has 0 unspecified atom stereocenters. The normalized spacial score (nSPS) is 11.8. The molecule has 1 aromatic rings. The first kappa shape index (κ1) is 13.4. The van der Waals surface area contributed by atoms with Crippen molar-refractivity contribution in [2.45, 2.75) is 38.8 Å². The summed E-state index contributed by atoms with van der Waals surface area (Å²) in [6.45, 7) is 5.01. The highest BCUT2D eigenvalue weighted by Crippen LogP contribution is 2.15. The molecule has 0 aliphatic carbocycles. The molecule has 0 aromatic carbocycles. The minimum atomic E-state index is -0.181. The van der Waals surface area contributed by atoms with E-state index in [0.717, 1.165) is 18.4 Å². The third-order valence-corrected chi connectivity index (χ3v) is 3.34. The largest absolute Gasteiger partial charge is 0.394 e. The SMILES string of the molecule is CCC(CC)(CO)NCc1ccc(Cl)nc1. The second-order valence-corrected chi connectivity index (χ2v) is 4.38. The zero-order chi connectivity index (χ0) is 12.0. The molecule has 90 valence electrons. The summed E-state index contributed by atoms with van der Waals surface area (Å²) in [4.78, 5) is 4.02. The van der Waals surface area contributed by atoms with E-state index in [1.54, 1.807) is 12.3 Å². The van der Waals surface area contributed by atoms with Crippen molar-refractivity contribution in [1.29, 1.82) is 0 Å². The van der Waals surface area contributed by atoms with E-state index in [1.165, 1.54) is 0 Å². The van der Waals surface area contributed by atoms with E-state index in [2.05, 4.69) is 24.1 Å². The monoisotopic (exact) mass is 242 g/mol. The van der Waals surface area contributed by atoms with Crippen molar-refractivity contribution in [2.24, 2.45) is 0 Å². The predicted octanol–water partition coefficient (Wildman–Crippen LogP) is 2.38. The molecule has 0 fully saturated rings. The summed E-state index contributed by atoms with van der Waals surface area (Å²) in [6, 6.07) is 3.72. The Hall–Kier alpha value is -0.640. The number of aliphatic hydroxyl groups excluding tert-OH is 1. The molecular formula is C12H19ClN2O. The highest BCUT2D eigenvalue weighted by molar-refractivity contribution is 6.29. The molecule has 0 amide bonds. The summed E-state index contributed by atoms with van der Waals surface area (Å²) >= 11 is 5.71. The molecular weight excluding hydrogens is 224 g/mol. The van der Waals surface area contributed by atoms with Crippen molar-refractivity contribution in [3.05, 3.63) is 29.0 Å². The fraction of sp³-hybridized carbons (Fsp3) is 0.583. The number of hydrogen-bond donors (Lipinski definition) is 2. The predicted molar refractivity (Wildman–Crippen MR) is 66.5 cm³/mol. The third kappa shape index (κ3) is 3.44. The molecule has 4 heteroatoms. The Balaban J connectivity index is 2.58. The van der Waals surface area contributed by atoms with Crippen LogP contribution in [0, 0.1) is 0 Å². The molecule has 0 aliphatic heterocycles. The first-order valence-electron chi connectivity index (χ1n) is 5.62. The van der Waals surface area contributed by atoms with E-state index in [0.29, 0.717) is 11.7 Å². The maximum Gasteiger partial charge on any atom is 0.129 e. The summed E-state index contributed by atoms with van der Waals surface area (Å²) in [5.41, 5.74) is 0.892. The molecule has 0 radical (unpaired) electrons. The van der Waals surface area contributed by atoms with Gasteiger partial charge in [-0.2, -0.15) is 0 Å². The van der Waals surface area contributed by atoms with Crippen LogP contribution in [0.15, 0.2) is 18.3 Å². The lowest BCUT2D eigenvalue weighted by molar-refractivity contribution is 0.149. The summed E-state index contributed by atoms with van der Waals surface area (Å²) in [5.74, 6) is 0.